The van der Waals surface area contributed by atoms with Gasteiger partial charge in [0.15, 0.2) is 0 Å². The summed E-state index contributed by atoms with van der Waals surface area (Å²) in [7, 11) is 1.63. The molecule has 1 aromatic rings. The molecule has 0 saturated carbocycles. The highest BCUT2D eigenvalue weighted by Crippen LogP contribution is 2.13. The summed E-state index contributed by atoms with van der Waals surface area (Å²) in [6, 6.07) is 7.24. The number of benzene rings is 1. The fraction of sp³-hybridized carbons (Fsp3) is 0.500. The lowest BCUT2D eigenvalue weighted by Gasteiger charge is -2.17. The first kappa shape index (κ1) is 15.3. The van der Waals surface area contributed by atoms with Crippen LogP contribution in [0.5, 0.6) is 5.75 Å². The molecule has 2 unspecified atom stereocenters. The molecule has 1 rings (SSSR count). The minimum atomic E-state index is -0.267. The smallest absolute Gasteiger partial charge is 0.315 e. The molecule has 5 heteroatoms. The van der Waals surface area contributed by atoms with E-state index in [1.807, 2.05) is 31.2 Å². The summed E-state index contributed by atoms with van der Waals surface area (Å²) in [5.74, 6) is 0.808. The van der Waals surface area contributed by atoms with Gasteiger partial charge in [-0.1, -0.05) is 12.1 Å². The summed E-state index contributed by atoms with van der Waals surface area (Å²) in [6.07, 6.45) is 0.720. The SMILES string of the molecule is COc1cccc(CC(C)NC(=O)NC(C)CO)c1. The minimum absolute atomic E-state index is 0.00185. The van der Waals surface area contributed by atoms with Gasteiger partial charge in [-0.2, -0.15) is 0 Å². The van der Waals surface area contributed by atoms with E-state index in [-0.39, 0.29) is 24.7 Å². The van der Waals surface area contributed by atoms with Gasteiger partial charge in [0, 0.05) is 6.04 Å². The largest absolute Gasteiger partial charge is 0.497 e. The van der Waals surface area contributed by atoms with E-state index in [1.165, 1.54) is 0 Å². The molecule has 0 aliphatic rings. The first-order valence-corrected chi connectivity index (χ1v) is 6.36. The van der Waals surface area contributed by atoms with Gasteiger partial charge in [-0.05, 0) is 38.0 Å². The van der Waals surface area contributed by atoms with Crippen molar-refractivity contribution in [2.75, 3.05) is 13.7 Å². The highest BCUT2D eigenvalue weighted by atomic mass is 16.5. The van der Waals surface area contributed by atoms with Crippen molar-refractivity contribution >= 4 is 6.03 Å². The van der Waals surface area contributed by atoms with E-state index < -0.39 is 0 Å². The van der Waals surface area contributed by atoms with Crippen LogP contribution in [0.3, 0.4) is 0 Å². The van der Waals surface area contributed by atoms with Crippen molar-refractivity contribution in [3.8, 4) is 5.75 Å². The molecule has 0 aromatic heterocycles. The highest BCUT2D eigenvalue weighted by molar-refractivity contribution is 5.74. The van der Waals surface area contributed by atoms with Crippen molar-refractivity contribution in [1.29, 1.82) is 0 Å². The molecule has 106 valence electrons. The Morgan fingerprint density at radius 2 is 2.00 bits per heavy atom. The summed E-state index contributed by atoms with van der Waals surface area (Å²) in [4.78, 5) is 11.6. The number of amides is 2. The molecule has 0 radical (unpaired) electrons. The van der Waals surface area contributed by atoms with Gasteiger partial charge in [0.1, 0.15) is 5.75 Å². The first-order chi connectivity index (χ1) is 9.05. The molecular weight excluding hydrogens is 244 g/mol. The van der Waals surface area contributed by atoms with Crippen molar-refractivity contribution in [3.63, 3.8) is 0 Å². The Hall–Kier alpha value is -1.75. The topological polar surface area (TPSA) is 70.6 Å². The number of ether oxygens (including phenoxy) is 1. The Labute approximate surface area is 114 Å². The second kappa shape index (κ2) is 7.63. The van der Waals surface area contributed by atoms with Crippen LogP contribution in [-0.4, -0.2) is 36.9 Å². The van der Waals surface area contributed by atoms with Crippen LogP contribution < -0.4 is 15.4 Å². The summed E-state index contributed by atoms with van der Waals surface area (Å²) in [6.45, 7) is 3.60. The van der Waals surface area contributed by atoms with Crippen LogP contribution in [-0.2, 0) is 6.42 Å². The van der Waals surface area contributed by atoms with E-state index in [0.717, 1.165) is 17.7 Å². The molecule has 5 nitrogen and oxygen atoms in total. The highest BCUT2D eigenvalue weighted by Gasteiger charge is 2.10. The van der Waals surface area contributed by atoms with Crippen LogP contribution in [0, 0.1) is 0 Å². The maximum Gasteiger partial charge on any atom is 0.315 e. The number of urea groups is 1. The number of aliphatic hydroxyl groups excluding tert-OH is 1. The Morgan fingerprint density at radius 1 is 1.32 bits per heavy atom. The number of rotatable bonds is 6. The van der Waals surface area contributed by atoms with Gasteiger partial charge in [-0.3, -0.25) is 0 Å². The van der Waals surface area contributed by atoms with Crippen LogP contribution in [0.1, 0.15) is 19.4 Å². The standard InChI is InChI=1S/C14H22N2O3/c1-10(15-14(18)16-11(2)9-17)7-12-5-4-6-13(8-12)19-3/h4-6,8,10-11,17H,7,9H2,1-3H3,(H2,15,16,18). The lowest BCUT2D eigenvalue weighted by molar-refractivity contribution is 0.218. The average molecular weight is 266 g/mol. The Kier molecular flexibility index (Phi) is 6.15. The Balaban J connectivity index is 2.45. The third-order valence-corrected chi connectivity index (χ3v) is 2.70. The zero-order chi connectivity index (χ0) is 14.3. The van der Waals surface area contributed by atoms with Crippen molar-refractivity contribution in [1.82, 2.24) is 10.6 Å². The van der Waals surface area contributed by atoms with E-state index in [2.05, 4.69) is 10.6 Å². The molecule has 0 bridgehead atoms. The minimum Gasteiger partial charge on any atom is -0.497 e. The predicted octanol–water partition coefficient (Wildman–Crippen LogP) is 1.31. The molecule has 19 heavy (non-hydrogen) atoms. The molecule has 0 heterocycles. The number of aliphatic hydroxyl groups is 1. The zero-order valence-electron chi connectivity index (χ0n) is 11.6. The summed E-state index contributed by atoms with van der Waals surface area (Å²) < 4.78 is 5.16. The van der Waals surface area contributed by atoms with Crippen LogP contribution in [0.15, 0.2) is 24.3 Å². The van der Waals surface area contributed by atoms with Crippen LogP contribution >= 0.6 is 0 Å². The lowest BCUT2D eigenvalue weighted by atomic mass is 10.1. The lowest BCUT2D eigenvalue weighted by Crippen LogP contribution is -2.46. The van der Waals surface area contributed by atoms with Gasteiger partial charge in [0.2, 0.25) is 0 Å². The third-order valence-electron chi connectivity index (χ3n) is 2.70. The predicted molar refractivity (Wildman–Crippen MR) is 74.4 cm³/mol. The molecule has 0 aliphatic heterocycles. The molecule has 0 fully saturated rings. The van der Waals surface area contributed by atoms with E-state index in [9.17, 15) is 4.79 Å². The maximum absolute atomic E-state index is 11.6. The van der Waals surface area contributed by atoms with Gasteiger partial charge in [0.05, 0.1) is 19.8 Å². The Bertz CT molecular complexity index is 409. The van der Waals surface area contributed by atoms with Gasteiger partial charge in [-0.25, -0.2) is 4.79 Å². The van der Waals surface area contributed by atoms with Crippen LogP contribution in [0.2, 0.25) is 0 Å². The van der Waals surface area contributed by atoms with Crippen LogP contribution in [0.25, 0.3) is 0 Å². The first-order valence-electron chi connectivity index (χ1n) is 6.36. The zero-order valence-corrected chi connectivity index (χ0v) is 11.6. The fourth-order valence-corrected chi connectivity index (χ4v) is 1.74. The summed E-state index contributed by atoms with van der Waals surface area (Å²) in [5, 5.41) is 14.3. The van der Waals surface area contributed by atoms with E-state index >= 15 is 0 Å². The molecule has 2 atom stereocenters. The Morgan fingerprint density at radius 3 is 2.63 bits per heavy atom. The van der Waals surface area contributed by atoms with Gasteiger partial charge in [0.25, 0.3) is 0 Å². The molecule has 2 amide bonds. The molecule has 3 N–H and O–H groups in total. The summed E-state index contributed by atoms with van der Waals surface area (Å²) in [5.41, 5.74) is 1.10. The van der Waals surface area contributed by atoms with Crippen LogP contribution in [0.4, 0.5) is 4.79 Å². The van der Waals surface area contributed by atoms with E-state index in [1.54, 1.807) is 14.0 Å². The van der Waals surface area contributed by atoms with E-state index in [4.69, 9.17) is 9.84 Å². The molecule has 0 spiro atoms. The number of hydrogen-bond donors (Lipinski definition) is 3. The average Bonchev–Trinajstić information content (AvgIpc) is 2.38. The molecular formula is C14H22N2O3. The van der Waals surface area contributed by atoms with Crippen molar-refractivity contribution in [2.45, 2.75) is 32.4 Å². The number of carbonyl (C=O) groups is 1. The number of nitrogens with one attached hydrogen (secondary N) is 2. The summed E-state index contributed by atoms with van der Waals surface area (Å²) >= 11 is 0. The fourth-order valence-electron chi connectivity index (χ4n) is 1.74. The van der Waals surface area contributed by atoms with Crippen molar-refractivity contribution < 1.29 is 14.6 Å². The number of carbonyl (C=O) groups excluding carboxylic acids is 1. The van der Waals surface area contributed by atoms with Crippen molar-refractivity contribution in [3.05, 3.63) is 29.8 Å². The second-order valence-corrected chi connectivity index (χ2v) is 4.66. The van der Waals surface area contributed by atoms with Gasteiger partial charge >= 0.3 is 6.03 Å². The second-order valence-electron chi connectivity index (χ2n) is 4.66. The molecule has 0 saturated heterocycles. The van der Waals surface area contributed by atoms with Gasteiger partial charge in [-0.15, -0.1) is 0 Å². The molecule has 1 aromatic carbocycles. The van der Waals surface area contributed by atoms with Crippen molar-refractivity contribution in [2.24, 2.45) is 0 Å². The normalized spacial score (nSPS) is 13.5. The van der Waals surface area contributed by atoms with Gasteiger partial charge < -0.3 is 20.5 Å². The molecule has 0 aliphatic carbocycles. The number of methoxy groups -OCH3 is 1. The quantitative estimate of drug-likeness (QED) is 0.727. The maximum atomic E-state index is 11.6. The number of hydrogen-bond acceptors (Lipinski definition) is 3. The van der Waals surface area contributed by atoms with E-state index in [0.29, 0.717) is 0 Å². The monoisotopic (exact) mass is 266 g/mol. The third kappa shape index (κ3) is 5.61.